The van der Waals surface area contributed by atoms with Gasteiger partial charge in [-0.2, -0.15) is 0 Å². The molecule has 0 unspecified atom stereocenters. The first-order valence-corrected chi connectivity index (χ1v) is 12.2. The molecule has 0 atom stereocenters. The monoisotopic (exact) mass is 499 g/mol. The number of para-hydroxylation sites is 4. The first kappa shape index (κ1) is 23.4. The van der Waals surface area contributed by atoms with Gasteiger partial charge in [-0.25, -0.2) is 19.9 Å². The fraction of sp³-hybridized carbons (Fsp3) is 0.0968. The molecule has 5 aromatic rings. The molecule has 0 N–H and O–H groups in total. The van der Waals surface area contributed by atoms with Crippen molar-refractivity contribution in [1.82, 2.24) is 19.9 Å². The van der Waals surface area contributed by atoms with Crippen molar-refractivity contribution >= 4 is 28.2 Å². The highest BCUT2D eigenvalue weighted by Crippen LogP contribution is 2.61. The van der Waals surface area contributed by atoms with Crippen LogP contribution in [0.2, 0.25) is 0 Å². The molecule has 7 rings (SSSR count). The summed E-state index contributed by atoms with van der Waals surface area (Å²) in [6, 6.07) is 20.0. The lowest BCUT2D eigenvalue weighted by atomic mass is 10.0. The summed E-state index contributed by atoms with van der Waals surface area (Å²) >= 11 is 0. The molecule has 7 nitrogen and oxygen atoms in total. The molecular weight excluding hydrogens is 474 g/mol. The molecular formula is C31H25N5O2. The Morgan fingerprint density at radius 1 is 0.684 bits per heavy atom. The summed E-state index contributed by atoms with van der Waals surface area (Å²) < 4.78 is 12.8. The van der Waals surface area contributed by atoms with Crippen LogP contribution in [0, 0.1) is 20.8 Å². The average Bonchev–Trinajstić information content (AvgIpc) is 2.93. The minimum Gasteiger partial charge on any atom is -0.453 e. The molecule has 0 fully saturated rings. The highest BCUT2D eigenvalue weighted by molar-refractivity contribution is 5.97. The van der Waals surface area contributed by atoms with Crippen molar-refractivity contribution in [3.8, 4) is 34.3 Å². The van der Waals surface area contributed by atoms with Gasteiger partial charge in [-0.15, -0.1) is 0 Å². The lowest BCUT2D eigenvalue weighted by Gasteiger charge is -2.38. The Hall–Kier alpha value is -5.04. The zero-order valence-corrected chi connectivity index (χ0v) is 21.4. The highest BCUT2D eigenvalue weighted by Gasteiger charge is 2.36. The van der Waals surface area contributed by atoms with E-state index >= 15 is 0 Å². The number of hydrogen-bond donors (Lipinski definition) is 0. The molecule has 0 amide bonds. The van der Waals surface area contributed by atoms with Crippen LogP contribution in [0.4, 0.5) is 17.1 Å². The van der Waals surface area contributed by atoms with Crippen LogP contribution in [-0.4, -0.2) is 19.9 Å². The molecule has 3 aromatic carbocycles. The number of nitrogens with zero attached hydrogens (tertiary/aromatic N) is 5. The minimum atomic E-state index is 0.574. The number of aromatic nitrogens is 4. The van der Waals surface area contributed by atoms with Gasteiger partial charge >= 0.3 is 0 Å². The van der Waals surface area contributed by atoms with E-state index in [4.69, 9.17) is 19.4 Å². The molecule has 7 heteroatoms. The van der Waals surface area contributed by atoms with E-state index in [1.165, 1.54) is 0 Å². The number of ether oxygens (including phenoxy) is 2. The van der Waals surface area contributed by atoms with Gasteiger partial charge in [-0.05, 0) is 57.2 Å². The molecule has 0 radical (unpaired) electrons. The van der Waals surface area contributed by atoms with Crippen LogP contribution in [-0.2, 0) is 0 Å². The smallest absolute Gasteiger partial charge is 0.182 e. The van der Waals surface area contributed by atoms with Crippen LogP contribution in [0.15, 0.2) is 86.0 Å². The molecule has 0 spiro atoms. The van der Waals surface area contributed by atoms with Gasteiger partial charge < -0.3 is 9.47 Å². The summed E-state index contributed by atoms with van der Waals surface area (Å²) in [7, 11) is 0. The maximum absolute atomic E-state index is 6.52. The number of hydrogen-bond acceptors (Lipinski definition) is 7. The first-order chi connectivity index (χ1) is 18.5. The van der Waals surface area contributed by atoms with Crippen molar-refractivity contribution in [1.29, 1.82) is 0 Å². The molecule has 38 heavy (non-hydrogen) atoms. The quantitative estimate of drug-likeness (QED) is 0.223. The first-order valence-electron chi connectivity index (χ1n) is 12.2. The van der Waals surface area contributed by atoms with E-state index in [0.717, 1.165) is 57.0 Å². The normalized spacial score (nSPS) is 12.1. The van der Waals surface area contributed by atoms with Gasteiger partial charge in [0, 0.05) is 5.56 Å². The highest BCUT2D eigenvalue weighted by atomic mass is 16.5. The third-order valence-electron chi connectivity index (χ3n) is 6.38. The SMILES string of the molecule is C=CC=C.Cc1nc(C)c2nc(C)c(-c3ccc4c5c3Oc3ccccc3N5c3ccccc3O4)nc2n1. The second-order valence-electron chi connectivity index (χ2n) is 8.92. The van der Waals surface area contributed by atoms with Crippen molar-refractivity contribution in [3.05, 3.63) is 103 Å². The number of fused-ring (bicyclic) bond motifs is 5. The van der Waals surface area contributed by atoms with E-state index in [-0.39, 0.29) is 0 Å². The topological polar surface area (TPSA) is 73.3 Å². The van der Waals surface area contributed by atoms with Crippen LogP contribution in [0.1, 0.15) is 17.2 Å². The number of aryl methyl sites for hydroxylation is 3. The summed E-state index contributed by atoms with van der Waals surface area (Å²) in [5.41, 5.74) is 7.22. The second-order valence-corrected chi connectivity index (χ2v) is 8.92. The molecule has 186 valence electrons. The summed E-state index contributed by atoms with van der Waals surface area (Å²) in [5.74, 6) is 3.65. The number of benzene rings is 3. The standard InChI is InChI=1S/C27H19N5O2.C4H6/c1-14-23(31-27-24(29-14)15(2)28-16(3)30-27)17-12-13-22-25-26(17)34-21-11-7-5-9-19(21)32(25)18-8-4-6-10-20(18)33-22;1-3-4-2/h4-13H,1-3H3;3-4H,1-2H2. The number of rotatable bonds is 2. The van der Waals surface area contributed by atoms with Gasteiger partial charge in [0.25, 0.3) is 0 Å². The van der Waals surface area contributed by atoms with Gasteiger partial charge in [0.05, 0.1) is 28.5 Å². The van der Waals surface area contributed by atoms with E-state index in [0.29, 0.717) is 22.7 Å². The average molecular weight is 500 g/mol. The molecule has 0 saturated carbocycles. The third-order valence-corrected chi connectivity index (χ3v) is 6.38. The lowest BCUT2D eigenvalue weighted by Crippen LogP contribution is -2.20. The third kappa shape index (κ3) is 3.67. The van der Waals surface area contributed by atoms with Crippen LogP contribution in [0.25, 0.3) is 22.4 Å². The Labute approximate surface area is 220 Å². The predicted molar refractivity (Wildman–Crippen MR) is 150 cm³/mol. The fourth-order valence-electron chi connectivity index (χ4n) is 4.75. The molecule has 2 aliphatic rings. The largest absolute Gasteiger partial charge is 0.453 e. The van der Waals surface area contributed by atoms with Gasteiger partial charge in [0.15, 0.2) is 28.6 Å². The van der Waals surface area contributed by atoms with Crippen LogP contribution in [0.5, 0.6) is 23.0 Å². The van der Waals surface area contributed by atoms with Crippen molar-refractivity contribution in [3.63, 3.8) is 0 Å². The maximum Gasteiger partial charge on any atom is 0.182 e. The molecule has 0 saturated heterocycles. The van der Waals surface area contributed by atoms with Crippen molar-refractivity contribution < 1.29 is 9.47 Å². The van der Waals surface area contributed by atoms with Crippen molar-refractivity contribution in [2.45, 2.75) is 20.8 Å². The lowest BCUT2D eigenvalue weighted by molar-refractivity contribution is 0.447. The Bertz CT molecular complexity index is 1750. The second kappa shape index (κ2) is 9.12. The van der Waals surface area contributed by atoms with Crippen LogP contribution < -0.4 is 14.4 Å². The number of allylic oxidation sites excluding steroid dienone is 2. The van der Waals surface area contributed by atoms with Crippen LogP contribution >= 0.6 is 0 Å². The Kier molecular flexibility index (Phi) is 5.61. The summed E-state index contributed by atoms with van der Waals surface area (Å²) in [6.07, 6.45) is 3.28. The molecule has 2 aliphatic heterocycles. The minimum absolute atomic E-state index is 0.574. The maximum atomic E-state index is 6.52. The van der Waals surface area contributed by atoms with Gasteiger partial charge in [-0.3, -0.25) is 4.90 Å². The fourth-order valence-corrected chi connectivity index (χ4v) is 4.75. The molecule has 0 aliphatic carbocycles. The molecule has 2 aromatic heterocycles. The zero-order valence-electron chi connectivity index (χ0n) is 21.4. The van der Waals surface area contributed by atoms with Crippen molar-refractivity contribution in [2.24, 2.45) is 0 Å². The number of anilines is 3. The zero-order chi connectivity index (χ0) is 26.4. The van der Waals surface area contributed by atoms with Gasteiger partial charge in [0.1, 0.15) is 17.0 Å². The van der Waals surface area contributed by atoms with Gasteiger partial charge in [-0.1, -0.05) is 49.6 Å². The van der Waals surface area contributed by atoms with E-state index in [1.807, 2.05) is 69.3 Å². The Morgan fingerprint density at radius 2 is 1.34 bits per heavy atom. The summed E-state index contributed by atoms with van der Waals surface area (Å²) in [5, 5.41) is 0. The van der Waals surface area contributed by atoms with Crippen molar-refractivity contribution in [2.75, 3.05) is 4.90 Å². The molecule has 0 bridgehead atoms. The Balaban J connectivity index is 0.000000620. The van der Waals surface area contributed by atoms with Crippen LogP contribution in [0.3, 0.4) is 0 Å². The summed E-state index contributed by atoms with van der Waals surface area (Å²) in [4.78, 5) is 20.9. The van der Waals surface area contributed by atoms with E-state index in [2.05, 4.69) is 40.2 Å². The van der Waals surface area contributed by atoms with E-state index in [1.54, 1.807) is 12.2 Å². The predicted octanol–water partition coefficient (Wildman–Crippen LogP) is 8.05. The van der Waals surface area contributed by atoms with Gasteiger partial charge in [0.2, 0.25) is 0 Å². The van der Waals surface area contributed by atoms with E-state index < -0.39 is 0 Å². The summed E-state index contributed by atoms with van der Waals surface area (Å²) in [6.45, 7) is 12.5. The van der Waals surface area contributed by atoms with E-state index in [9.17, 15) is 0 Å². The molecule has 4 heterocycles. The Morgan fingerprint density at radius 3 is 2.03 bits per heavy atom.